The lowest BCUT2D eigenvalue weighted by Gasteiger charge is -2.12. The third-order valence-corrected chi connectivity index (χ3v) is 5.01. The van der Waals surface area contributed by atoms with Crippen LogP contribution in [0.3, 0.4) is 0 Å². The number of anilines is 1. The molecule has 0 fully saturated rings. The van der Waals surface area contributed by atoms with Crippen LogP contribution in [0.1, 0.15) is 11.4 Å². The van der Waals surface area contributed by atoms with E-state index in [0.717, 1.165) is 12.1 Å². The molecule has 0 aliphatic carbocycles. The van der Waals surface area contributed by atoms with Gasteiger partial charge in [0.05, 0.1) is 16.3 Å². The van der Waals surface area contributed by atoms with Crippen molar-refractivity contribution in [3.63, 3.8) is 0 Å². The van der Waals surface area contributed by atoms with Crippen LogP contribution in [0.2, 0.25) is 0 Å². The van der Waals surface area contributed by atoms with Crippen LogP contribution in [0.25, 0.3) is 5.69 Å². The minimum Gasteiger partial charge on any atom is -0.380 e. The molecule has 0 aliphatic heterocycles. The second-order valence-corrected chi connectivity index (χ2v) is 7.50. The van der Waals surface area contributed by atoms with Crippen molar-refractivity contribution in [1.29, 1.82) is 0 Å². The number of benzene rings is 2. The molecule has 0 radical (unpaired) electrons. The molecule has 9 nitrogen and oxygen atoms in total. The van der Waals surface area contributed by atoms with Gasteiger partial charge in [0.15, 0.2) is 0 Å². The van der Waals surface area contributed by atoms with Crippen LogP contribution >= 0.6 is 0 Å². The molecule has 11 heteroatoms. The number of aryl methyl sites for hydroxylation is 1. The number of imidazole rings is 1. The molecule has 0 saturated carbocycles. The van der Waals surface area contributed by atoms with E-state index in [1.54, 1.807) is 36.0 Å². The Hall–Kier alpha value is -3.31. The number of halogens is 1. The maximum Gasteiger partial charge on any atom is 0.270 e. The molecule has 146 valence electrons. The molecule has 0 unspecified atom stereocenters. The maximum atomic E-state index is 14.5. The third kappa shape index (κ3) is 4.00. The molecular weight excluding hydrogens is 389 g/mol. The summed E-state index contributed by atoms with van der Waals surface area (Å²) in [7, 11) is -4.19. The van der Waals surface area contributed by atoms with E-state index in [2.05, 4.69) is 10.3 Å². The number of hydrogen-bond acceptors (Lipinski definition) is 6. The standard InChI is InChI=1S/C17H16FN5O4S/c1-11-20-6-7-22(11)16-5-2-12(8-14(16)18)10-21-15-4-3-13(23(24)25)9-17(15)28(19,26)27/h2-9,21H,10H2,1H3,(H2,19,26,27). The Bertz CT molecular complexity index is 1160. The smallest absolute Gasteiger partial charge is 0.270 e. The molecule has 0 amide bonds. The summed E-state index contributed by atoms with van der Waals surface area (Å²) in [6.07, 6.45) is 3.20. The number of hydrogen-bond donors (Lipinski definition) is 2. The van der Waals surface area contributed by atoms with E-state index in [4.69, 9.17) is 5.14 Å². The normalized spacial score (nSPS) is 11.4. The minimum atomic E-state index is -4.19. The SMILES string of the molecule is Cc1nccn1-c1ccc(CNc2ccc([N+](=O)[O-])cc2S(N)(=O)=O)cc1F. The van der Waals surface area contributed by atoms with Gasteiger partial charge < -0.3 is 9.88 Å². The number of nitrogens with one attached hydrogen (secondary N) is 1. The molecule has 0 saturated heterocycles. The van der Waals surface area contributed by atoms with Gasteiger partial charge in [-0.25, -0.2) is 22.9 Å². The topological polar surface area (TPSA) is 133 Å². The van der Waals surface area contributed by atoms with Gasteiger partial charge in [0.25, 0.3) is 5.69 Å². The summed E-state index contributed by atoms with van der Waals surface area (Å²) in [5.41, 5.74) is 0.556. The van der Waals surface area contributed by atoms with E-state index in [-0.39, 0.29) is 12.2 Å². The summed E-state index contributed by atoms with van der Waals surface area (Å²) in [6, 6.07) is 7.84. The highest BCUT2D eigenvalue weighted by Crippen LogP contribution is 2.26. The van der Waals surface area contributed by atoms with E-state index < -0.39 is 31.3 Å². The molecule has 3 aromatic rings. The summed E-state index contributed by atoms with van der Waals surface area (Å²) < 4.78 is 39.6. The number of non-ortho nitro benzene ring substituents is 1. The van der Waals surface area contributed by atoms with Crippen molar-refractivity contribution >= 4 is 21.4 Å². The largest absolute Gasteiger partial charge is 0.380 e. The van der Waals surface area contributed by atoms with Crippen molar-refractivity contribution in [1.82, 2.24) is 9.55 Å². The highest BCUT2D eigenvalue weighted by Gasteiger charge is 2.19. The van der Waals surface area contributed by atoms with Crippen LogP contribution in [-0.4, -0.2) is 22.9 Å². The van der Waals surface area contributed by atoms with E-state index >= 15 is 0 Å². The number of nitro groups is 1. The quantitative estimate of drug-likeness (QED) is 0.478. The zero-order chi connectivity index (χ0) is 20.5. The average molecular weight is 405 g/mol. The highest BCUT2D eigenvalue weighted by molar-refractivity contribution is 7.89. The predicted octanol–water partition coefficient (Wildman–Crippen LogP) is 2.49. The summed E-state index contributed by atoms with van der Waals surface area (Å²) in [5.74, 6) is 0.157. The first-order valence-corrected chi connectivity index (χ1v) is 9.55. The van der Waals surface area contributed by atoms with Gasteiger partial charge in [0.1, 0.15) is 16.5 Å². The number of nitrogens with zero attached hydrogens (tertiary/aromatic N) is 3. The first kappa shape index (κ1) is 19.5. The fraction of sp³-hybridized carbons (Fsp3) is 0.118. The molecule has 28 heavy (non-hydrogen) atoms. The van der Waals surface area contributed by atoms with Crippen molar-refractivity contribution in [2.24, 2.45) is 5.14 Å². The van der Waals surface area contributed by atoms with Crippen molar-refractivity contribution in [3.8, 4) is 5.69 Å². The van der Waals surface area contributed by atoms with Crippen LogP contribution in [0.5, 0.6) is 0 Å². The fourth-order valence-electron chi connectivity index (χ4n) is 2.69. The Morgan fingerprint density at radius 2 is 2.04 bits per heavy atom. The molecule has 0 bridgehead atoms. The number of sulfonamides is 1. The number of primary sulfonamides is 1. The lowest BCUT2D eigenvalue weighted by atomic mass is 10.2. The molecule has 3 N–H and O–H groups in total. The zero-order valence-electron chi connectivity index (χ0n) is 14.7. The van der Waals surface area contributed by atoms with Crippen LogP contribution in [0.4, 0.5) is 15.8 Å². The zero-order valence-corrected chi connectivity index (χ0v) is 15.5. The van der Waals surface area contributed by atoms with Gasteiger partial charge in [-0.15, -0.1) is 0 Å². The van der Waals surface area contributed by atoms with E-state index in [0.29, 0.717) is 17.1 Å². The Kier molecular flexibility index (Phi) is 5.12. The first-order chi connectivity index (χ1) is 13.2. The van der Waals surface area contributed by atoms with Crippen LogP contribution < -0.4 is 10.5 Å². The number of rotatable bonds is 6. The molecular formula is C17H16FN5O4S. The van der Waals surface area contributed by atoms with Crippen LogP contribution in [0.15, 0.2) is 53.7 Å². The van der Waals surface area contributed by atoms with E-state index in [1.807, 2.05) is 0 Å². The summed E-state index contributed by atoms with van der Waals surface area (Å²) >= 11 is 0. The Morgan fingerprint density at radius 1 is 1.29 bits per heavy atom. The van der Waals surface area contributed by atoms with E-state index in [1.165, 1.54) is 12.1 Å². The van der Waals surface area contributed by atoms with Crippen molar-refractivity contribution < 1.29 is 17.7 Å². The van der Waals surface area contributed by atoms with Gasteiger partial charge in [-0.3, -0.25) is 10.1 Å². The van der Waals surface area contributed by atoms with Gasteiger partial charge in [0.2, 0.25) is 10.0 Å². The van der Waals surface area contributed by atoms with Crippen molar-refractivity contribution in [3.05, 3.63) is 76.1 Å². The van der Waals surface area contributed by atoms with Crippen molar-refractivity contribution in [2.45, 2.75) is 18.4 Å². The summed E-state index contributed by atoms with van der Waals surface area (Å²) in [4.78, 5) is 13.8. The minimum absolute atomic E-state index is 0.0838. The Morgan fingerprint density at radius 3 is 2.61 bits per heavy atom. The predicted molar refractivity (Wildman–Crippen MR) is 100 cm³/mol. The first-order valence-electron chi connectivity index (χ1n) is 8.00. The Labute approximate surface area is 159 Å². The second kappa shape index (κ2) is 7.37. The second-order valence-electron chi connectivity index (χ2n) is 5.97. The monoisotopic (exact) mass is 405 g/mol. The molecule has 0 spiro atoms. The summed E-state index contributed by atoms with van der Waals surface area (Å²) in [6.45, 7) is 1.83. The highest BCUT2D eigenvalue weighted by atomic mass is 32.2. The van der Waals surface area contributed by atoms with Crippen LogP contribution in [0, 0.1) is 22.9 Å². The molecule has 0 atom stereocenters. The van der Waals surface area contributed by atoms with Gasteiger partial charge in [0, 0.05) is 31.1 Å². The fourth-order valence-corrected chi connectivity index (χ4v) is 3.42. The van der Waals surface area contributed by atoms with E-state index in [9.17, 15) is 22.9 Å². The molecule has 0 aliphatic rings. The molecule has 1 aromatic heterocycles. The van der Waals surface area contributed by atoms with Crippen LogP contribution in [-0.2, 0) is 16.6 Å². The molecule has 2 aromatic carbocycles. The third-order valence-electron chi connectivity index (χ3n) is 4.06. The average Bonchev–Trinajstić information content (AvgIpc) is 3.04. The lowest BCUT2D eigenvalue weighted by molar-refractivity contribution is -0.385. The van der Waals surface area contributed by atoms with Crippen molar-refractivity contribution in [2.75, 3.05) is 5.32 Å². The number of aromatic nitrogens is 2. The van der Waals surface area contributed by atoms with Gasteiger partial charge in [-0.1, -0.05) is 6.07 Å². The van der Waals surface area contributed by atoms with Gasteiger partial charge >= 0.3 is 0 Å². The molecule has 1 heterocycles. The number of nitro benzene ring substituents is 1. The lowest BCUT2D eigenvalue weighted by Crippen LogP contribution is -2.15. The molecule has 3 rings (SSSR count). The Balaban J connectivity index is 1.86. The number of nitrogens with two attached hydrogens (primary N) is 1. The van der Waals surface area contributed by atoms with Gasteiger partial charge in [-0.05, 0) is 30.7 Å². The maximum absolute atomic E-state index is 14.5. The summed E-state index contributed by atoms with van der Waals surface area (Å²) in [5, 5.41) is 18.8. The van der Waals surface area contributed by atoms with Gasteiger partial charge in [-0.2, -0.15) is 0 Å².